The van der Waals surface area contributed by atoms with Crippen LogP contribution in [-0.4, -0.2) is 32.6 Å². The van der Waals surface area contributed by atoms with Gasteiger partial charge >= 0.3 is 0 Å². The summed E-state index contributed by atoms with van der Waals surface area (Å²) >= 11 is 1.04. The third-order valence-corrected chi connectivity index (χ3v) is 4.87. The van der Waals surface area contributed by atoms with Gasteiger partial charge in [0.1, 0.15) is 5.82 Å². The number of rotatable bonds is 5. The van der Waals surface area contributed by atoms with Crippen LogP contribution in [0.5, 0.6) is 0 Å². The molecule has 3 heterocycles. The predicted octanol–water partition coefficient (Wildman–Crippen LogP) is 3.13. The molecular weight excluding hydrogens is 371 g/mol. The molecular formula is C18H13FN4O3S. The highest BCUT2D eigenvalue weighted by molar-refractivity contribution is 7.99. The summed E-state index contributed by atoms with van der Waals surface area (Å²) in [5, 5.41) is 10.7. The fourth-order valence-corrected chi connectivity index (χ4v) is 3.35. The van der Waals surface area contributed by atoms with E-state index in [9.17, 15) is 14.0 Å². The molecule has 0 atom stereocenters. The van der Waals surface area contributed by atoms with E-state index >= 15 is 0 Å². The number of Topliss-reactive ketones (excluding diaryl/α,β-unsaturated/α-hetero) is 1. The maximum absolute atomic E-state index is 14.3. The minimum Gasteiger partial charge on any atom is -0.411 e. The molecule has 0 fully saturated rings. The molecule has 0 bridgehead atoms. The van der Waals surface area contributed by atoms with Crippen LogP contribution in [0.15, 0.2) is 46.3 Å². The number of aromatic nitrogens is 3. The van der Waals surface area contributed by atoms with E-state index in [1.807, 2.05) is 0 Å². The number of hydrogen-bond donors (Lipinski definition) is 1. The van der Waals surface area contributed by atoms with Crippen molar-refractivity contribution < 1.29 is 18.4 Å². The fraction of sp³-hybridized carbons (Fsp3) is 0.167. The van der Waals surface area contributed by atoms with Gasteiger partial charge in [-0.3, -0.25) is 14.6 Å². The van der Waals surface area contributed by atoms with Gasteiger partial charge in [0, 0.05) is 30.1 Å². The van der Waals surface area contributed by atoms with Crippen molar-refractivity contribution in [3.8, 4) is 11.5 Å². The van der Waals surface area contributed by atoms with Gasteiger partial charge in [-0.1, -0.05) is 11.8 Å². The van der Waals surface area contributed by atoms with Crippen molar-refractivity contribution in [2.45, 2.75) is 18.1 Å². The number of amides is 1. The highest BCUT2D eigenvalue weighted by Gasteiger charge is 2.21. The summed E-state index contributed by atoms with van der Waals surface area (Å²) in [5.41, 5.74) is 1.89. The van der Waals surface area contributed by atoms with E-state index in [4.69, 9.17) is 4.42 Å². The summed E-state index contributed by atoms with van der Waals surface area (Å²) < 4.78 is 19.8. The van der Waals surface area contributed by atoms with Gasteiger partial charge in [0.25, 0.3) is 5.22 Å². The third-order valence-electron chi connectivity index (χ3n) is 4.05. The molecule has 136 valence electrons. The van der Waals surface area contributed by atoms with Gasteiger partial charge in [0.2, 0.25) is 11.8 Å². The number of carbonyl (C=O) groups excluding carboxylic acids is 2. The van der Waals surface area contributed by atoms with Gasteiger partial charge in [-0.05, 0) is 36.2 Å². The van der Waals surface area contributed by atoms with Crippen molar-refractivity contribution >= 4 is 29.1 Å². The van der Waals surface area contributed by atoms with E-state index in [1.54, 1.807) is 24.5 Å². The van der Waals surface area contributed by atoms with Crippen LogP contribution < -0.4 is 5.32 Å². The molecule has 1 aromatic carbocycles. The maximum atomic E-state index is 14.3. The van der Waals surface area contributed by atoms with Crippen LogP contribution in [0.25, 0.3) is 11.5 Å². The van der Waals surface area contributed by atoms with E-state index in [0.717, 1.165) is 22.9 Å². The molecule has 0 saturated heterocycles. The number of thioether (sulfide) groups is 1. The third kappa shape index (κ3) is 3.72. The first-order valence-electron chi connectivity index (χ1n) is 8.12. The Kier molecular flexibility index (Phi) is 4.68. The molecule has 3 aromatic rings. The molecule has 4 rings (SSSR count). The maximum Gasteiger partial charge on any atom is 0.277 e. The Morgan fingerprint density at radius 3 is 2.85 bits per heavy atom. The van der Waals surface area contributed by atoms with Gasteiger partial charge < -0.3 is 9.73 Å². The van der Waals surface area contributed by atoms with E-state index in [-0.39, 0.29) is 28.2 Å². The molecule has 1 amide bonds. The number of aryl methyl sites for hydroxylation is 1. The highest BCUT2D eigenvalue weighted by atomic mass is 32.2. The average Bonchev–Trinajstić information content (AvgIpc) is 3.15. The number of benzene rings is 1. The molecule has 1 N–H and O–H groups in total. The zero-order valence-corrected chi connectivity index (χ0v) is 14.8. The minimum atomic E-state index is -0.662. The quantitative estimate of drug-likeness (QED) is 0.533. The molecule has 0 saturated carbocycles. The summed E-state index contributed by atoms with van der Waals surface area (Å²) in [6.45, 7) is 0. The molecule has 1 aliphatic rings. The van der Waals surface area contributed by atoms with Gasteiger partial charge in [-0.25, -0.2) is 4.39 Å². The standard InChI is InChI=1S/C18H13FN4O3S/c19-13-8-14-11(1-2-16(25)21-14)7-12(13)15(24)9-27-18-23-22-17(26-18)10-3-5-20-6-4-10/h3-8H,1-2,9H2,(H,21,25). The molecule has 0 radical (unpaired) electrons. The number of carbonyl (C=O) groups is 2. The molecule has 0 aliphatic carbocycles. The lowest BCUT2D eigenvalue weighted by Gasteiger charge is -2.17. The molecule has 2 aromatic heterocycles. The van der Waals surface area contributed by atoms with E-state index in [0.29, 0.717) is 24.4 Å². The van der Waals surface area contributed by atoms with Gasteiger partial charge in [-0.2, -0.15) is 0 Å². The van der Waals surface area contributed by atoms with E-state index < -0.39 is 5.82 Å². The summed E-state index contributed by atoms with van der Waals surface area (Å²) in [6.07, 6.45) is 4.02. The van der Waals surface area contributed by atoms with Crippen molar-refractivity contribution in [3.05, 3.63) is 53.6 Å². The molecule has 9 heteroatoms. The van der Waals surface area contributed by atoms with Gasteiger partial charge in [-0.15, -0.1) is 10.2 Å². The SMILES string of the molecule is O=C1CCc2cc(C(=O)CSc3nnc(-c4ccncc4)o3)c(F)cc2N1. The number of anilines is 1. The number of ketones is 1. The van der Waals surface area contributed by atoms with Crippen LogP contribution in [0.4, 0.5) is 10.1 Å². The Morgan fingerprint density at radius 2 is 2.04 bits per heavy atom. The monoisotopic (exact) mass is 384 g/mol. The average molecular weight is 384 g/mol. The topological polar surface area (TPSA) is 98.0 Å². The Balaban J connectivity index is 1.46. The van der Waals surface area contributed by atoms with Crippen LogP contribution in [0, 0.1) is 5.82 Å². The molecule has 0 unspecified atom stereocenters. The van der Waals surface area contributed by atoms with Crippen molar-refractivity contribution in [3.63, 3.8) is 0 Å². The van der Waals surface area contributed by atoms with Crippen LogP contribution >= 0.6 is 11.8 Å². The summed E-state index contributed by atoms with van der Waals surface area (Å²) in [4.78, 5) is 27.7. The second-order valence-electron chi connectivity index (χ2n) is 5.86. The normalized spacial score (nSPS) is 13.1. The first-order valence-corrected chi connectivity index (χ1v) is 9.11. The molecule has 7 nitrogen and oxygen atoms in total. The summed E-state index contributed by atoms with van der Waals surface area (Å²) in [7, 11) is 0. The Labute approximate surface area is 157 Å². The molecule has 0 spiro atoms. The van der Waals surface area contributed by atoms with Crippen LogP contribution in [0.2, 0.25) is 0 Å². The number of hydrogen-bond acceptors (Lipinski definition) is 7. The lowest BCUT2D eigenvalue weighted by atomic mass is 9.98. The van der Waals surface area contributed by atoms with E-state index in [1.165, 1.54) is 12.1 Å². The Morgan fingerprint density at radius 1 is 1.22 bits per heavy atom. The van der Waals surface area contributed by atoms with Crippen LogP contribution in [0.3, 0.4) is 0 Å². The van der Waals surface area contributed by atoms with E-state index in [2.05, 4.69) is 20.5 Å². The smallest absolute Gasteiger partial charge is 0.277 e. The minimum absolute atomic E-state index is 0.00808. The van der Waals surface area contributed by atoms with Crippen LogP contribution in [0.1, 0.15) is 22.3 Å². The van der Waals surface area contributed by atoms with Crippen molar-refractivity contribution in [1.82, 2.24) is 15.2 Å². The lowest BCUT2D eigenvalue weighted by Crippen LogP contribution is -2.20. The molecule has 1 aliphatic heterocycles. The number of halogens is 1. The zero-order valence-electron chi connectivity index (χ0n) is 13.9. The number of pyridine rings is 1. The fourth-order valence-electron chi connectivity index (χ4n) is 2.70. The van der Waals surface area contributed by atoms with Crippen molar-refractivity contribution in [2.75, 3.05) is 11.1 Å². The Hall–Kier alpha value is -3.07. The first-order chi connectivity index (χ1) is 13.1. The summed E-state index contributed by atoms with van der Waals surface area (Å²) in [5.74, 6) is -0.925. The van der Waals surface area contributed by atoms with Crippen molar-refractivity contribution in [1.29, 1.82) is 0 Å². The highest BCUT2D eigenvalue weighted by Crippen LogP contribution is 2.28. The second kappa shape index (κ2) is 7.28. The number of nitrogens with zero attached hydrogens (tertiary/aromatic N) is 3. The predicted molar refractivity (Wildman–Crippen MR) is 95.9 cm³/mol. The van der Waals surface area contributed by atoms with Crippen LogP contribution in [-0.2, 0) is 11.2 Å². The van der Waals surface area contributed by atoms with Gasteiger partial charge in [0.15, 0.2) is 5.78 Å². The lowest BCUT2D eigenvalue weighted by molar-refractivity contribution is -0.116. The molecule has 27 heavy (non-hydrogen) atoms. The van der Waals surface area contributed by atoms with Crippen molar-refractivity contribution in [2.24, 2.45) is 0 Å². The van der Waals surface area contributed by atoms with Gasteiger partial charge in [0.05, 0.1) is 11.3 Å². The first kappa shape index (κ1) is 17.3. The summed E-state index contributed by atoms with van der Waals surface area (Å²) in [6, 6.07) is 6.16. The second-order valence-corrected chi connectivity index (χ2v) is 6.78. The zero-order chi connectivity index (χ0) is 18.8. The number of nitrogens with one attached hydrogen (secondary N) is 1. The Bertz CT molecular complexity index is 1020. The number of fused-ring (bicyclic) bond motifs is 1. The largest absolute Gasteiger partial charge is 0.411 e.